The molecule has 12 nitrogen and oxygen atoms in total. The molecule has 4 atom stereocenters. The molecule has 12 heteroatoms. The van der Waals surface area contributed by atoms with E-state index < -0.39 is 29.6 Å². The van der Waals surface area contributed by atoms with Crippen molar-refractivity contribution in [1.29, 1.82) is 0 Å². The number of Topliss-reactive ketones (excluding diaryl/α,β-unsaturated/α-hetero) is 4. The SMILES string of the molecule is CN(C)C(=O)CN1CC(C(=O)c2ccccc2)C(c2ccccn2)C(C(=O)c2ccccc2)C1.CN(C)C(=O)CN1CC(C(=O)c2ccccc2)C(c2cccnc2)C(C(=O)c2ccccc2)C1. The molecule has 2 fully saturated rings. The highest BCUT2D eigenvalue weighted by molar-refractivity contribution is 6.03. The van der Waals surface area contributed by atoms with Crippen LogP contribution < -0.4 is 0 Å². The number of hydrogen-bond acceptors (Lipinski definition) is 10. The molecule has 0 N–H and O–H groups in total. The fourth-order valence-electron chi connectivity index (χ4n) is 9.47. The second-order valence-electron chi connectivity index (χ2n) is 17.9. The van der Waals surface area contributed by atoms with Gasteiger partial charge in [0.05, 0.1) is 13.1 Å². The van der Waals surface area contributed by atoms with Crippen LogP contribution in [0.25, 0.3) is 0 Å². The molecule has 68 heavy (non-hydrogen) atoms. The van der Waals surface area contributed by atoms with E-state index in [0.29, 0.717) is 48.4 Å². The summed E-state index contributed by atoms with van der Waals surface area (Å²) in [5.41, 5.74) is 4.00. The van der Waals surface area contributed by atoms with Gasteiger partial charge in [0.25, 0.3) is 0 Å². The van der Waals surface area contributed by atoms with Crippen LogP contribution >= 0.6 is 0 Å². The summed E-state index contributed by atoms with van der Waals surface area (Å²) in [6.07, 6.45) is 5.14. The van der Waals surface area contributed by atoms with Gasteiger partial charge in [0.15, 0.2) is 23.1 Å². The molecule has 2 aromatic heterocycles. The van der Waals surface area contributed by atoms with Gasteiger partial charge in [-0.05, 0) is 23.8 Å². The van der Waals surface area contributed by atoms with Crippen LogP contribution in [0.4, 0.5) is 0 Å². The number of likely N-dealkylation sites (N-methyl/N-ethyl adjacent to an activating group) is 2. The number of rotatable bonds is 14. The molecule has 0 bridgehead atoms. The van der Waals surface area contributed by atoms with Crippen LogP contribution in [-0.2, 0) is 9.59 Å². The van der Waals surface area contributed by atoms with Crippen LogP contribution in [0, 0.1) is 23.7 Å². The van der Waals surface area contributed by atoms with Gasteiger partial charge in [0.2, 0.25) is 11.8 Å². The standard InChI is InChI=1S/2C28H29N3O3/c1-30(2)25(32)19-31-17-22(27(33)20-11-5-3-6-12-20)26(24-15-9-10-16-29-24)23(18-31)28(34)21-13-7-4-8-14-21;1-30(2)25(32)19-31-17-23(27(33)20-10-5-3-6-11-20)26(22-14-9-15-29-16-22)24(18-31)28(34)21-12-7-4-8-13-21/h3-16,22-23,26H,17-19H2,1-2H3;3-16,23-24,26H,17-19H2,1-2H3. The highest BCUT2D eigenvalue weighted by Crippen LogP contribution is 2.42. The van der Waals surface area contributed by atoms with Crippen molar-refractivity contribution >= 4 is 34.9 Å². The van der Waals surface area contributed by atoms with Crippen molar-refractivity contribution in [3.05, 3.63) is 204 Å². The first-order chi connectivity index (χ1) is 32.9. The Kier molecular flexibility index (Phi) is 16.4. The second-order valence-corrected chi connectivity index (χ2v) is 17.9. The minimum Gasteiger partial charge on any atom is -0.348 e. The molecular formula is C56H58N6O6. The molecular weight excluding hydrogens is 853 g/mol. The van der Waals surface area contributed by atoms with E-state index in [1.54, 1.807) is 95.3 Å². The Bertz CT molecular complexity index is 2330. The first-order valence-electron chi connectivity index (χ1n) is 22.9. The number of piperidine rings is 2. The first-order valence-corrected chi connectivity index (χ1v) is 22.9. The van der Waals surface area contributed by atoms with Crippen molar-refractivity contribution in [3.63, 3.8) is 0 Å². The van der Waals surface area contributed by atoms with Gasteiger partial charge in [-0.3, -0.25) is 48.5 Å². The van der Waals surface area contributed by atoms with E-state index in [1.165, 1.54) is 9.80 Å². The molecule has 4 unspecified atom stereocenters. The zero-order valence-electron chi connectivity index (χ0n) is 39.0. The largest absolute Gasteiger partial charge is 0.348 e. The molecule has 2 saturated heterocycles. The highest BCUT2D eigenvalue weighted by atomic mass is 16.2. The zero-order chi connectivity index (χ0) is 48.2. The maximum absolute atomic E-state index is 13.8. The lowest BCUT2D eigenvalue weighted by Gasteiger charge is -2.43. The maximum atomic E-state index is 13.8. The third-order valence-electron chi connectivity index (χ3n) is 12.9. The minimum absolute atomic E-state index is 0.0256. The summed E-state index contributed by atoms with van der Waals surface area (Å²) in [4.78, 5) is 96.1. The predicted molar refractivity (Wildman–Crippen MR) is 261 cm³/mol. The van der Waals surface area contributed by atoms with Gasteiger partial charge in [-0.25, -0.2) is 0 Å². The Labute approximate surface area is 398 Å². The lowest BCUT2D eigenvalue weighted by molar-refractivity contribution is -0.131. The van der Waals surface area contributed by atoms with Gasteiger partial charge in [-0.15, -0.1) is 0 Å². The number of aromatic nitrogens is 2. The van der Waals surface area contributed by atoms with Crippen LogP contribution in [0.5, 0.6) is 0 Å². The van der Waals surface area contributed by atoms with E-state index in [-0.39, 0.29) is 54.0 Å². The van der Waals surface area contributed by atoms with Crippen LogP contribution in [0.15, 0.2) is 170 Å². The zero-order valence-corrected chi connectivity index (χ0v) is 39.0. The van der Waals surface area contributed by atoms with E-state index in [0.717, 1.165) is 11.3 Å². The fourth-order valence-corrected chi connectivity index (χ4v) is 9.47. The van der Waals surface area contributed by atoms with E-state index >= 15 is 0 Å². The average molecular weight is 911 g/mol. The van der Waals surface area contributed by atoms with Crippen LogP contribution in [-0.4, -0.2) is 132 Å². The predicted octanol–water partition coefficient (Wildman–Crippen LogP) is 7.13. The average Bonchev–Trinajstić information content (AvgIpc) is 3.38. The number of benzene rings is 4. The maximum Gasteiger partial charge on any atom is 0.236 e. The van der Waals surface area contributed by atoms with Crippen LogP contribution in [0.2, 0.25) is 0 Å². The fraction of sp³-hybridized carbons (Fsp3) is 0.286. The van der Waals surface area contributed by atoms with Gasteiger partial charge in [0, 0.05) is 136 Å². The Morgan fingerprint density at radius 3 is 1.10 bits per heavy atom. The first kappa shape index (κ1) is 48.6. The molecule has 2 aliphatic heterocycles. The van der Waals surface area contributed by atoms with Crippen LogP contribution in [0.3, 0.4) is 0 Å². The number of carbonyl (C=O) groups excluding carboxylic acids is 6. The minimum atomic E-state index is -0.515. The number of ketones is 4. The van der Waals surface area contributed by atoms with E-state index in [4.69, 9.17) is 0 Å². The van der Waals surface area contributed by atoms with Crippen molar-refractivity contribution in [2.45, 2.75) is 11.8 Å². The van der Waals surface area contributed by atoms with Gasteiger partial charge in [0.1, 0.15) is 0 Å². The molecule has 2 amide bonds. The molecule has 0 radical (unpaired) electrons. The Morgan fingerprint density at radius 1 is 0.441 bits per heavy atom. The van der Waals surface area contributed by atoms with Gasteiger partial charge >= 0.3 is 0 Å². The van der Waals surface area contributed by atoms with Crippen molar-refractivity contribution < 1.29 is 28.8 Å². The molecule has 0 aliphatic carbocycles. The third kappa shape index (κ3) is 11.8. The number of nitrogens with zero attached hydrogens (tertiary/aromatic N) is 6. The van der Waals surface area contributed by atoms with E-state index in [9.17, 15) is 28.8 Å². The molecule has 6 aromatic rings. The molecule has 348 valence electrons. The number of hydrogen-bond donors (Lipinski definition) is 0. The number of carbonyl (C=O) groups is 6. The van der Waals surface area contributed by atoms with E-state index in [2.05, 4.69) is 9.97 Å². The van der Waals surface area contributed by atoms with Gasteiger partial charge in [-0.1, -0.05) is 133 Å². The third-order valence-corrected chi connectivity index (χ3v) is 12.9. The number of likely N-dealkylation sites (tertiary alicyclic amines) is 2. The summed E-state index contributed by atoms with van der Waals surface area (Å²) in [6.45, 7) is 1.86. The highest BCUT2D eigenvalue weighted by Gasteiger charge is 2.47. The van der Waals surface area contributed by atoms with Gasteiger partial charge in [-0.2, -0.15) is 0 Å². The van der Waals surface area contributed by atoms with Crippen molar-refractivity contribution in [2.75, 3.05) is 67.5 Å². The lowest BCUT2D eigenvalue weighted by Crippen LogP contribution is -2.52. The van der Waals surface area contributed by atoms with Crippen molar-refractivity contribution in [1.82, 2.24) is 29.6 Å². The summed E-state index contributed by atoms with van der Waals surface area (Å²) in [5, 5.41) is 0. The molecule has 8 rings (SSSR count). The molecule has 2 aliphatic rings. The number of pyridine rings is 2. The quantitative estimate of drug-likeness (QED) is 0.104. The van der Waals surface area contributed by atoms with Crippen molar-refractivity contribution in [2.24, 2.45) is 23.7 Å². The Hall–Kier alpha value is -7.28. The Balaban J connectivity index is 0.000000201. The molecule has 4 heterocycles. The summed E-state index contributed by atoms with van der Waals surface area (Å²) >= 11 is 0. The molecule has 0 spiro atoms. The van der Waals surface area contributed by atoms with Crippen molar-refractivity contribution in [3.8, 4) is 0 Å². The molecule has 0 saturated carbocycles. The lowest BCUT2D eigenvalue weighted by atomic mass is 9.69. The Morgan fingerprint density at radius 2 is 0.794 bits per heavy atom. The van der Waals surface area contributed by atoms with Crippen LogP contribution in [0.1, 0.15) is 64.5 Å². The summed E-state index contributed by atoms with van der Waals surface area (Å²) in [6, 6.07) is 46.0. The number of amides is 2. The van der Waals surface area contributed by atoms with E-state index in [1.807, 2.05) is 113 Å². The monoisotopic (exact) mass is 910 g/mol. The summed E-state index contributed by atoms with van der Waals surface area (Å²) < 4.78 is 0. The summed E-state index contributed by atoms with van der Waals surface area (Å²) in [5.74, 6) is -3.01. The molecule has 4 aromatic carbocycles. The smallest absolute Gasteiger partial charge is 0.236 e. The normalized spacial score (nSPS) is 20.5. The van der Waals surface area contributed by atoms with Gasteiger partial charge < -0.3 is 9.80 Å². The topological polar surface area (TPSA) is 141 Å². The second kappa shape index (κ2) is 23.0. The summed E-state index contributed by atoms with van der Waals surface area (Å²) in [7, 11) is 6.85.